The molecule has 112 valence electrons. The van der Waals surface area contributed by atoms with Gasteiger partial charge in [-0.15, -0.1) is 11.3 Å². The zero-order valence-electron chi connectivity index (χ0n) is 12.1. The van der Waals surface area contributed by atoms with Crippen LogP contribution in [0.15, 0.2) is 41.8 Å². The summed E-state index contributed by atoms with van der Waals surface area (Å²) in [5.41, 5.74) is 1.25. The van der Waals surface area contributed by atoms with Crippen molar-refractivity contribution in [2.24, 2.45) is 0 Å². The molecule has 0 saturated heterocycles. The summed E-state index contributed by atoms with van der Waals surface area (Å²) in [4.78, 5) is 25.8. The first kappa shape index (κ1) is 15.7. The lowest BCUT2D eigenvalue weighted by atomic mass is 10.2. The Bertz CT molecular complexity index is 687. The fourth-order valence-corrected chi connectivity index (χ4v) is 2.60. The third-order valence-electron chi connectivity index (χ3n) is 3.05. The molecular formula is C16H15N3O2S. The van der Waals surface area contributed by atoms with Crippen LogP contribution in [-0.4, -0.2) is 24.9 Å². The van der Waals surface area contributed by atoms with Crippen LogP contribution in [0.1, 0.15) is 22.2 Å². The molecule has 22 heavy (non-hydrogen) atoms. The molecule has 1 aromatic heterocycles. The number of hydrogen-bond acceptors (Lipinski definition) is 4. The highest BCUT2D eigenvalue weighted by Crippen LogP contribution is 2.15. The Morgan fingerprint density at radius 1 is 1.27 bits per heavy atom. The van der Waals surface area contributed by atoms with Gasteiger partial charge in [0, 0.05) is 25.7 Å². The van der Waals surface area contributed by atoms with E-state index in [2.05, 4.69) is 5.32 Å². The highest BCUT2D eigenvalue weighted by molar-refractivity contribution is 7.12. The number of amides is 2. The van der Waals surface area contributed by atoms with Crippen molar-refractivity contribution < 1.29 is 9.59 Å². The molecule has 6 heteroatoms. The Hall–Kier alpha value is -2.65. The number of nitrogens with one attached hydrogen (secondary N) is 1. The maximum absolute atomic E-state index is 11.8. The van der Waals surface area contributed by atoms with Gasteiger partial charge in [-0.25, -0.2) is 0 Å². The first-order chi connectivity index (χ1) is 10.6. The molecule has 0 aliphatic carbocycles. The Balaban J connectivity index is 1.96. The van der Waals surface area contributed by atoms with Gasteiger partial charge in [-0.05, 0) is 35.7 Å². The molecule has 2 rings (SSSR count). The topological polar surface area (TPSA) is 73.2 Å². The lowest BCUT2D eigenvalue weighted by Crippen LogP contribution is -2.37. The standard InChI is InChI=1S/C16H15N3O2S/c1-12(20)19(14-6-4-13(11-17)5-7-14)9-8-18-16(21)15-3-2-10-22-15/h2-7,10H,8-9H2,1H3,(H,18,21). The van der Waals surface area contributed by atoms with E-state index < -0.39 is 0 Å². The van der Waals surface area contributed by atoms with Gasteiger partial charge in [0.05, 0.1) is 16.5 Å². The second-order valence-electron chi connectivity index (χ2n) is 4.56. The zero-order chi connectivity index (χ0) is 15.9. The summed E-state index contributed by atoms with van der Waals surface area (Å²) in [7, 11) is 0. The largest absolute Gasteiger partial charge is 0.350 e. The highest BCUT2D eigenvalue weighted by atomic mass is 32.1. The number of benzene rings is 1. The Labute approximate surface area is 132 Å². The van der Waals surface area contributed by atoms with Gasteiger partial charge in [-0.3, -0.25) is 9.59 Å². The highest BCUT2D eigenvalue weighted by Gasteiger charge is 2.12. The van der Waals surface area contributed by atoms with Crippen LogP contribution in [0.3, 0.4) is 0 Å². The van der Waals surface area contributed by atoms with Crippen LogP contribution in [0, 0.1) is 11.3 Å². The van der Waals surface area contributed by atoms with Gasteiger partial charge < -0.3 is 10.2 Å². The van der Waals surface area contributed by atoms with Crippen molar-refractivity contribution in [3.63, 3.8) is 0 Å². The average molecular weight is 313 g/mol. The number of nitrogens with zero attached hydrogens (tertiary/aromatic N) is 2. The minimum atomic E-state index is -0.140. The van der Waals surface area contributed by atoms with E-state index in [4.69, 9.17) is 5.26 Å². The van der Waals surface area contributed by atoms with E-state index in [0.717, 1.165) is 0 Å². The van der Waals surface area contributed by atoms with Crippen LogP contribution in [0.25, 0.3) is 0 Å². The van der Waals surface area contributed by atoms with E-state index in [9.17, 15) is 9.59 Å². The molecule has 0 bridgehead atoms. The number of carbonyl (C=O) groups is 2. The second kappa shape index (κ2) is 7.38. The predicted octanol–water partition coefficient (Wildman–Crippen LogP) is 2.40. The Kier molecular flexibility index (Phi) is 5.28. The third kappa shape index (κ3) is 3.93. The molecule has 5 nitrogen and oxygen atoms in total. The van der Waals surface area contributed by atoms with Crippen molar-refractivity contribution in [3.05, 3.63) is 52.2 Å². The minimum Gasteiger partial charge on any atom is -0.350 e. The quantitative estimate of drug-likeness (QED) is 0.921. The van der Waals surface area contributed by atoms with Crippen molar-refractivity contribution in [2.45, 2.75) is 6.92 Å². The van der Waals surface area contributed by atoms with Crippen LogP contribution in [0.5, 0.6) is 0 Å². The lowest BCUT2D eigenvalue weighted by Gasteiger charge is -2.21. The number of carbonyl (C=O) groups excluding carboxylic acids is 2. The van der Waals surface area contributed by atoms with Crippen LogP contribution < -0.4 is 10.2 Å². The molecule has 0 saturated carbocycles. The smallest absolute Gasteiger partial charge is 0.261 e. The molecule has 0 fully saturated rings. The maximum atomic E-state index is 11.8. The minimum absolute atomic E-state index is 0.116. The lowest BCUT2D eigenvalue weighted by molar-refractivity contribution is -0.116. The van der Waals surface area contributed by atoms with Crippen LogP contribution in [-0.2, 0) is 4.79 Å². The normalized spacial score (nSPS) is 9.82. The van der Waals surface area contributed by atoms with E-state index in [-0.39, 0.29) is 11.8 Å². The molecule has 1 N–H and O–H groups in total. The summed E-state index contributed by atoms with van der Waals surface area (Å²) in [5, 5.41) is 13.4. The van der Waals surface area contributed by atoms with Gasteiger partial charge >= 0.3 is 0 Å². The summed E-state index contributed by atoms with van der Waals surface area (Å²) < 4.78 is 0. The predicted molar refractivity (Wildman–Crippen MR) is 85.8 cm³/mol. The summed E-state index contributed by atoms with van der Waals surface area (Å²) in [6.07, 6.45) is 0. The number of rotatable bonds is 5. The molecule has 0 radical (unpaired) electrons. The molecule has 0 unspecified atom stereocenters. The van der Waals surface area contributed by atoms with Gasteiger partial charge in [0.15, 0.2) is 0 Å². The monoisotopic (exact) mass is 313 g/mol. The fraction of sp³-hybridized carbons (Fsp3) is 0.188. The summed E-state index contributed by atoms with van der Waals surface area (Å²) in [5.74, 6) is -0.256. The van der Waals surface area contributed by atoms with Gasteiger partial charge in [0.2, 0.25) is 5.91 Å². The summed E-state index contributed by atoms with van der Waals surface area (Å²) in [6.45, 7) is 2.20. The van der Waals surface area contributed by atoms with E-state index >= 15 is 0 Å². The molecule has 0 aliphatic rings. The maximum Gasteiger partial charge on any atom is 0.261 e. The van der Waals surface area contributed by atoms with Gasteiger partial charge in [-0.2, -0.15) is 5.26 Å². The van der Waals surface area contributed by atoms with Gasteiger partial charge in [-0.1, -0.05) is 6.07 Å². The fourth-order valence-electron chi connectivity index (χ4n) is 1.96. The molecular weight excluding hydrogens is 298 g/mol. The first-order valence-corrected chi connectivity index (χ1v) is 7.60. The van der Waals surface area contributed by atoms with Crippen molar-refractivity contribution >= 4 is 28.8 Å². The number of thiophene rings is 1. The number of anilines is 1. The van der Waals surface area contributed by atoms with Crippen molar-refractivity contribution in [1.29, 1.82) is 5.26 Å². The van der Waals surface area contributed by atoms with Crippen LogP contribution in [0.2, 0.25) is 0 Å². The van der Waals surface area contributed by atoms with E-state index in [1.165, 1.54) is 18.3 Å². The van der Waals surface area contributed by atoms with Gasteiger partial charge in [0.1, 0.15) is 0 Å². The number of hydrogen-bond donors (Lipinski definition) is 1. The summed E-state index contributed by atoms with van der Waals surface area (Å²) in [6, 6.07) is 12.4. The molecule has 1 aromatic carbocycles. The van der Waals surface area contributed by atoms with Crippen molar-refractivity contribution in [2.75, 3.05) is 18.0 Å². The second-order valence-corrected chi connectivity index (χ2v) is 5.51. The number of nitriles is 1. The molecule has 2 aromatic rings. The molecule has 1 heterocycles. The Morgan fingerprint density at radius 3 is 2.55 bits per heavy atom. The zero-order valence-corrected chi connectivity index (χ0v) is 12.9. The average Bonchev–Trinajstić information content (AvgIpc) is 3.06. The first-order valence-electron chi connectivity index (χ1n) is 6.72. The molecule has 2 amide bonds. The van der Waals surface area contributed by atoms with E-state index in [0.29, 0.717) is 29.2 Å². The van der Waals surface area contributed by atoms with Crippen LogP contribution >= 0.6 is 11.3 Å². The van der Waals surface area contributed by atoms with E-state index in [1.807, 2.05) is 17.5 Å². The molecule has 0 aliphatic heterocycles. The van der Waals surface area contributed by atoms with E-state index in [1.54, 1.807) is 35.2 Å². The van der Waals surface area contributed by atoms with Crippen LogP contribution in [0.4, 0.5) is 5.69 Å². The Morgan fingerprint density at radius 2 is 2.00 bits per heavy atom. The molecule has 0 spiro atoms. The van der Waals surface area contributed by atoms with Crippen molar-refractivity contribution in [1.82, 2.24) is 5.32 Å². The SMILES string of the molecule is CC(=O)N(CCNC(=O)c1cccs1)c1ccc(C#N)cc1. The van der Waals surface area contributed by atoms with Crippen molar-refractivity contribution in [3.8, 4) is 6.07 Å². The third-order valence-corrected chi connectivity index (χ3v) is 3.92. The summed E-state index contributed by atoms with van der Waals surface area (Å²) >= 11 is 1.37. The molecule has 0 atom stereocenters. The van der Waals surface area contributed by atoms with Gasteiger partial charge in [0.25, 0.3) is 5.91 Å².